The normalized spacial score (nSPS) is 16.2. The Morgan fingerprint density at radius 2 is 2.00 bits per heavy atom. The molecule has 5 nitrogen and oxygen atoms in total. The monoisotopic (exact) mass is 491 g/mol. The lowest BCUT2D eigenvalue weighted by atomic mass is 9.97. The number of aryl methyl sites for hydroxylation is 1. The molecule has 0 aromatic carbocycles. The maximum atomic E-state index is 12.4. The highest BCUT2D eigenvalue weighted by atomic mass is 127. The second-order valence-corrected chi connectivity index (χ2v) is 7.08. The molecule has 0 aliphatic carbocycles. The summed E-state index contributed by atoms with van der Waals surface area (Å²) in [6.07, 6.45) is -4.36. The summed E-state index contributed by atoms with van der Waals surface area (Å²) >= 11 is 7.91. The summed E-state index contributed by atoms with van der Waals surface area (Å²) in [4.78, 5) is 22.2. The molecule has 0 atom stereocenters. The van der Waals surface area contributed by atoms with E-state index in [4.69, 9.17) is 16.3 Å². The van der Waals surface area contributed by atoms with Crippen LogP contribution in [0.5, 0.6) is 0 Å². The van der Waals surface area contributed by atoms with Gasteiger partial charge in [0.05, 0.1) is 18.2 Å². The fraction of sp³-hybridized carbons (Fsp3) is 0.667. The van der Waals surface area contributed by atoms with Crippen molar-refractivity contribution in [2.45, 2.75) is 38.8 Å². The molecule has 1 aromatic rings. The molecule has 0 spiro atoms. The van der Waals surface area contributed by atoms with Crippen molar-refractivity contribution in [3.8, 4) is 0 Å². The molecule has 2 heterocycles. The van der Waals surface area contributed by atoms with Gasteiger partial charge in [-0.25, -0.2) is 9.97 Å². The summed E-state index contributed by atoms with van der Waals surface area (Å²) in [5.41, 5.74) is 0.141. The maximum Gasteiger partial charge on any atom is 0.389 e. The largest absolute Gasteiger partial charge is 0.466 e. The molecule has 0 bridgehead atoms. The van der Waals surface area contributed by atoms with E-state index in [1.807, 2.05) is 27.5 Å². The fourth-order valence-electron chi connectivity index (χ4n) is 2.63. The van der Waals surface area contributed by atoms with E-state index >= 15 is 0 Å². The molecule has 1 aliphatic heterocycles. The number of anilines is 1. The van der Waals surface area contributed by atoms with Gasteiger partial charge in [0.1, 0.15) is 3.70 Å². The van der Waals surface area contributed by atoms with Gasteiger partial charge in [0, 0.05) is 25.9 Å². The van der Waals surface area contributed by atoms with Crippen molar-refractivity contribution >= 4 is 46.0 Å². The molecule has 1 aromatic heterocycles. The van der Waals surface area contributed by atoms with Crippen molar-refractivity contribution < 1.29 is 22.7 Å². The van der Waals surface area contributed by atoms with Gasteiger partial charge in [0.25, 0.3) is 0 Å². The Bertz CT molecular complexity index is 623. The van der Waals surface area contributed by atoms with Crippen LogP contribution in [0, 0.1) is 9.62 Å². The molecule has 10 heteroatoms. The Kier molecular flexibility index (Phi) is 7.12. The smallest absolute Gasteiger partial charge is 0.389 e. The molecule has 1 saturated heterocycles. The van der Waals surface area contributed by atoms with Crippen LogP contribution in [0.3, 0.4) is 0 Å². The number of carbonyl (C=O) groups excluding carboxylic acids is 1. The van der Waals surface area contributed by atoms with Gasteiger partial charge in [0.2, 0.25) is 0 Å². The van der Waals surface area contributed by atoms with E-state index in [2.05, 4.69) is 9.97 Å². The highest BCUT2D eigenvalue weighted by molar-refractivity contribution is 14.1. The van der Waals surface area contributed by atoms with Crippen LogP contribution < -0.4 is 4.90 Å². The highest BCUT2D eigenvalue weighted by Gasteiger charge is 2.30. The first kappa shape index (κ1) is 20.5. The molecular weight excluding hydrogens is 474 g/mol. The third kappa shape index (κ3) is 5.83. The zero-order chi connectivity index (χ0) is 18.6. The summed E-state index contributed by atoms with van der Waals surface area (Å²) in [6.45, 7) is 3.24. The summed E-state index contributed by atoms with van der Waals surface area (Å²) in [6, 6.07) is 0. The topological polar surface area (TPSA) is 55.3 Å². The molecule has 0 saturated carbocycles. The highest BCUT2D eigenvalue weighted by Crippen LogP contribution is 2.29. The van der Waals surface area contributed by atoms with E-state index in [9.17, 15) is 18.0 Å². The van der Waals surface area contributed by atoms with Crippen LogP contribution in [0.15, 0.2) is 0 Å². The van der Waals surface area contributed by atoms with Crippen molar-refractivity contribution in [1.29, 1.82) is 0 Å². The van der Waals surface area contributed by atoms with E-state index in [1.165, 1.54) is 0 Å². The first-order valence-corrected chi connectivity index (χ1v) is 9.37. The van der Waals surface area contributed by atoms with Gasteiger partial charge in [-0.2, -0.15) is 13.2 Å². The van der Waals surface area contributed by atoms with Gasteiger partial charge in [-0.05, 0) is 42.4 Å². The number of ether oxygens (including phenoxy) is 1. The van der Waals surface area contributed by atoms with Gasteiger partial charge in [-0.1, -0.05) is 11.6 Å². The lowest BCUT2D eigenvalue weighted by Gasteiger charge is -2.32. The Balaban J connectivity index is 2.08. The third-order valence-electron chi connectivity index (χ3n) is 3.92. The average Bonchev–Trinajstić information content (AvgIpc) is 2.53. The Hall–Kier alpha value is -0.840. The van der Waals surface area contributed by atoms with Crippen LogP contribution in [0.4, 0.5) is 19.0 Å². The number of hydrogen-bond donors (Lipinski definition) is 0. The molecule has 140 valence electrons. The summed E-state index contributed by atoms with van der Waals surface area (Å²) in [5.74, 6) is 0.160. The van der Waals surface area contributed by atoms with E-state index in [0.717, 1.165) is 0 Å². The molecule has 25 heavy (non-hydrogen) atoms. The van der Waals surface area contributed by atoms with E-state index in [1.54, 1.807) is 6.92 Å². The van der Waals surface area contributed by atoms with Crippen molar-refractivity contribution in [3.63, 3.8) is 0 Å². The lowest BCUT2D eigenvalue weighted by molar-refractivity contribution is -0.148. The average molecular weight is 492 g/mol. The first-order valence-electron chi connectivity index (χ1n) is 7.91. The number of hydrogen-bond acceptors (Lipinski definition) is 5. The van der Waals surface area contributed by atoms with E-state index in [0.29, 0.717) is 42.1 Å². The quantitative estimate of drug-likeness (QED) is 0.460. The van der Waals surface area contributed by atoms with Crippen LogP contribution in [-0.4, -0.2) is 41.8 Å². The van der Waals surface area contributed by atoms with E-state index in [-0.39, 0.29) is 29.2 Å². The standard InChI is InChI=1S/C15H18ClF3IN3O2/c1-2-25-14(24)9-4-7-23(8-5-9)13-12(20)22-11(16)10(21-13)3-6-15(17,18)19/h9H,2-8H2,1H3. The van der Waals surface area contributed by atoms with Gasteiger partial charge in [-0.15, -0.1) is 0 Å². The van der Waals surface area contributed by atoms with Crippen molar-refractivity contribution in [3.05, 3.63) is 14.5 Å². The van der Waals surface area contributed by atoms with Crippen LogP contribution in [0.2, 0.25) is 5.15 Å². The summed E-state index contributed by atoms with van der Waals surface area (Å²) < 4.78 is 42.9. The second kappa shape index (κ2) is 8.70. The van der Waals surface area contributed by atoms with Crippen molar-refractivity contribution in [2.24, 2.45) is 5.92 Å². The fourth-order valence-corrected chi connectivity index (χ4v) is 3.70. The number of piperidine rings is 1. The Morgan fingerprint density at radius 3 is 2.56 bits per heavy atom. The lowest BCUT2D eigenvalue weighted by Crippen LogP contribution is -2.38. The third-order valence-corrected chi connectivity index (χ3v) is 4.95. The molecule has 1 fully saturated rings. The van der Waals surface area contributed by atoms with Crippen LogP contribution >= 0.6 is 34.2 Å². The van der Waals surface area contributed by atoms with Crippen molar-refractivity contribution in [2.75, 3.05) is 24.6 Å². The molecule has 0 unspecified atom stereocenters. The van der Waals surface area contributed by atoms with Gasteiger partial charge in [0.15, 0.2) is 11.0 Å². The minimum absolute atomic E-state index is 0.00110. The van der Waals surface area contributed by atoms with Crippen molar-refractivity contribution in [1.82, 2.24) is 9.97 Å². The van der Waals surface area contributed by atoms with Gasteiger partial charge >= 0.3 is 12.1 Å². The molecule has 1 aliphatic rings. The number of halogens is 5. The SMILES string of the molecule is CCOC(=O)C1CCN(c2nc(CCC(F)(F)F)c(Cl)nc2I)CC1. The molecule has 0 radical (unpaired) electrons. The number of esters is 1. The summed E-state index contributed by atoms with van der Waals surface area (Å²) in [7, 11) is 0. The van der Waals surface area contributed by atoms with Gasteiger partial charge in [-0.3, -0.25) is 4.79 Å². The minimum Gasteiger partial charge on any atom is -0.466 e. The van der Waals surface area contributed by atoms with Crippen LogP contribution in [0.25, 0.3) is 0 Å². The second-order valence-electron chi connectivity index (χ2n) is 5.70. The number of carbonyl (C=O) groups is 1. The Labute approximate surface area is 162 Å². The molecular formula is C15H18ClF3IN3O2. The number of aromatic nitrogens is 2. The first-order chi connectivity index (χ1) is 11.7. The molecule has 2 rings (SSSR count). The zero-order valence-corrected chi connectivity index (χ0v) is 16.5. The van der Waals surface area contributed by atoms with Crippen LogP contribution in [0.1, 0.15) is 31.9 Å². The number of alkyl halides is 3. The van der Waals surface area contributed by atoms with Gasteiger partial charge < -0.3 is 9.64 Å². The predicted molar refractivity (Wildman–Crippen MR) is 95.7 cm³/mol. The minimum atomic E-state index is -4.27. The zero-order valence-electron chi connectivity index (χ0n) is 13.6. The Morgan fingerprint density at radius 1 is 1.36 bits per heavy atom. The predicted octanol–water partition coefficient (Wildman–Crippen LogP) is 4.01. The van der Waals surface area contributed by atoms with Crippen LogP contribution in [-0.2, 0) is 16.0 Å². The number of nitrogens with zero attached hydrogens (tertiary/aromatic N) is 3. The maximum absolute atomic E-state index is 12.4. The molecule has 0 amide bonds. The summed E-state index contributed by atoms with van der Waals surface area (Å²) in [5, 5.41) is -0.00110. The molecule has 0 N–H and O–H groups in total. The van der Waals surface area contributed by atoms with E-state index < -0.39 is 12.6 Å². The number of rotatable bonds is 5.